The Labute approximate surface area is 134 Å². The fourth-order valence-electron chi connectivity index (χ4n) is 4.58. The lowest BCUT2D eigenvalue weighted by molar-refractivity contribution is 0.456. The van der Waals surface area contributed by atoms with E-state index in [0.29, 0.717) is 28.7 Å². The molecule has 1 aromatic carbocycles. The number of nitrogens with one attached hydrogen (secondary N) is 1. The van der Waals surface area contributed by atoms with Gasteiger partial charge in [0.05, 0.1) is 10.7 Å². The summed E-state index contributed by atoms with van der Waals surface area (Å²) in [5, 5.41) is 0.402. The zero-order valence-electron chi connectivity index (χ0n) is 11.2. The van der Waals surface area contributed by atoms with Crippen molar-refractivity contribution in [3.8, 4) is 0 Å². The van der Waals surface area contributed by atoms with Crippen molar-refractivity contribution in [2.24, 2.45) is 23.7 Å². The molecule has 3 saturated carbocycles. The van der Waals surface area contributed by atoms with E-state index in [1.54, 1.807) is 0 Å². The molecule has 0 aliphatic heterocycles. The van der Waals surface area contributed by atoms with Gasteiger partial charge >= 0.3 is 0 Å². The van der Waals surface area contributed by atoms with Crippen LogP contribution in [0.5, 0.6) is 0 Å². The second-order valence-corrected chi connectivity index (χ2v) is 8.94. The van der Waals surface area contributed by atoms with Crippen molar-refractivity contribution in [3.05, 3.63) is 22.2 Å². The molecule has 0 spiro atoms. The van der Waals surface area contributed by atoms with Crippen LogP contribution in [-0.4, -0.2) is 14.5 Å². The molecule has 3 N–H and O–H groups in total. The molecule has 0 saturated heterocycles. The van der Waals surface area contributed by atoms with E-state index in [0.717, 1.165) is 0 Å². The van der Waals surface area contributed by atoms with Crippen LogP contribution in [0.25, 0.3) is 0 Å². The van der Waals surface area contributed by atoms with Crippen LogP contribution < -0.4 is 10.5 Å². The monoisotopic (exact) mass is 346 g/mol. The molecule has 1 aromatic rings. The van der Waals surface area contributed by atoms with Gasteiger partial charge in [0.2, 0.25) is 10.0 Å². The smallest absolute Gasteiger partial charge is 0.244 e. The standard InChI is InChI=1S/C14H16Cl2N2O2S/c15-8-4-9(16)14(10(17)5-8)21(19,20)18-13-11-6-1-2-7(3-6)12(11)13/h4-7,11-13,18H,1-3,17H2. The topological polar surface area (TPSA) is 72.2 Å². The van der Waals surface area contributed by atoms with Gasteiger partial charge in [-0.2, -0.15) is 0 Å². The molecule has 4 nitrogen and oxygen atoms in total. The first-order valence-corrected chi connectivity index (χ1v) is 9.39. The van der Waals surface area contributed by atoms with Gasteiger partial charge in [0.15, 0.2) is 0 Å². The molecule has 114 valence electrons. The zero-order valence-corrected chi connectivity index (χ0v) is 13.5. The Hall–Kier alpha value is -0.490. The number of nitrogen functional groups attached to an aromatic ring is 1. The van der Waals surface area contributed by atoms with Crippen LogP contribution in [0.1, 0.15) is 19.3 Å². The molecular formula is C14H16Cl2N2O2S. The molecule has 4 atom stereocenters. The number of halogens is 2. The Kier molecular flexibility index (Phi) is 3.03. The van der Waals surface area contributed by atoms with Crippen LogP contribution in [0.3, 0.4) is 0 Å². The normalized spacial score (nSPS) is 36.8. The predicted octanol–water partition coefficient (Wildman–Crippen LogP) is 2.90. The number of benzene rings is 1. The molecule has 7 heteroatoms. The summed E-state index contributed by atoms with van der Waals surface area (Å²) in [6.45, 7) is 0. The maximum absolute atomic E-state index is 12.6. The van der Waals surface area contributed by atoms with Gasteiger partial charge in [-0.3, -0.25) is 0 Å². The largest absolute Gasteiger partial charge is 0.398 e. The fraction of sp³-hybridized carbons (Fsp3) is 0.571. The maximum Gasteiger partial charge on any atom is 0.244 e. The Morgan fingerprint density at radius 1 is 1.14 bits per heavy atom. The Morgan fingerprint density at radius 2 is 1.76 bits per heavy atom. The quantitative estimate of drug-likeness (QED) is 0.826. The highest BCUT2D eigenvalue weighted by Crippen LogP contribution is 2.65. The molecule has 3 fully saturated rings. The Balaban J connectivity index is 1.61. The van der Waals surface area contributed by atoms with E-state index < -0.39 is 10.0 Å². The number of hydrogen-bond acceptors (Lipinski definition) is 3. The molecule has 4 unspecified atom stereocenters. The van der Waals surface area contributed by atoms with Crippen LogP contribution in [0.4, 0.5) is 5.69 Å². The third kappa shape index (κ3) is 2.09. The van der Waals surface area contributed by atoms with E-state index in [9.17, 15) is 8.42 Å². The molecule has 3 aliphatic carbocycles. The van der Waals surface area contributed by atoms with Gasteiger partial charge in [0, 0.05) is 11.1 Å². The number of anilines is 1. The minimum atomic E-state index is -3.70. The van der Waals surface area contributed by atoms with Crippen LogP contribution >= 0.6 is 23.2 Å². The third-order valence-corrected chi connectivity index (χ3v) is 7.54. The van der Waals surface area contributed by atoms with Gasteiger partial charge in [-0.05, 0) is 55.1 Å². The van der Waals surface area contributed by atoms with Crippen molar-refractivity contribution in [1.29, 1.82) is 0 Å². The lowest BCUT2D eigenvalue weighted by Crippen LogP contribution is -2.30. The van der Waals surface area contributed by atoms with Crippen molar-refractivity contribution in [1.82, 2.24) is 4.72 Å². The zero-order chi connectivity index (χ0) is 14.9. The average Bonchev–Trinajstić information content (AvgIpc) is 2.77. The van der Waals surface area contributed by atoms with Crippen molar-refractivity contribution in [2.45, 2.75) is 30.2 Å². The van der Waals surface area contributed by atoms with Gasteiger partial charge in [0.1, 0.15) is 4.90 Å². The summed E-state index contributed by atoms with van der Waals surface area (Å²) in [7, 11) is -3.70. The second-order valence-electron chi connectivity index (χ2n) is 6.44. The molecule has 3 aliphatic rings. The second kappa shape index (κ2) is 4.51. The highest BCUT2D eigenvalue weighted by molar-refractivity contribution is 7.89. The first-order valence-electron chi connectivity index (χ1n) is 7.15. The molecule has 0 radical (unpaired) electrons. The summed E-state index contributed by atoms with van der Waals surface area (Å²) >= 11 is 11.9. The van der Waals surface area contributed by atoms with E-state index in [1.807, 2.05) is 0 Å². The third-order valence-electron chi connectivity index (χ3n) is 5.33. The highest BCUT2D eigenvalue weighted by Gasteiger charge is 2.65. The molecule has 2 bridgehead atoms. The van der Waals surface area contributed by atoms with Crippen molar-refractivity contribution < 1.29 is 8.42 Å². The minimum absolute atomic E-state index is 0.0501. The number of sulfonamides is 1. The number of fused-ring (bicyclic) bond motifs is 5. The first-order chi connectivity index (χ1) is 9.88. The lowest BCUT2D eigenvalue weighted by Gasteiger charge is -2.14. The molecular weight excluding hydrogens is 331 g/mol. The summed E-state index contributed by atoms with van der Waals surface area (Å²) in [6, 6.07) is 2.89. The maximum atomic E-state index is 12.6. The van der Waals surface area contributed by atoms with E-state index in [-0.39, 0.29) is 21.6 Å². The summed E-state index contributed by atoms with van der Waals surface area (Å²) in [5.74, 6) is 2.44. The van der Waals surface area contributed by atoms with Crippen LogP contribution in [0.2, 0.25) is 10.0 Å². The first kappa shape index (κ1) is 14.1. The van der Waals surface area contributed by atoms with Gasteiger partial charge in [-0.15, -0.1) is 0 Å². The molecule has 21 heavy (non-hydrogen) atoms. The van der Waals surface area contributed by atoms with Gasteiger partial charge in [-0.1, -0.05) is 23.2 Å². The summed E-state index contributed by atoms with van der Waals surface area (Å²) < 4.78 is 28.0. The molecule has 4 rings (SSSR count). The van der Waals surface area contributed by atoms with E-state index in [4.69, 9.17) is 28.9 Å². The minimum Gasteiger partial charge on any atom is -0.398 e. The SMILES string of the molecule is Nc1cc(Cl)cc(Cl)c1S(=O)(=O)NC1C2C3CCC(C3)C12. The van der Waals surface area contributed by atoms with E-state index in [2.05, 4.69) is 4.72 Å². The highest BCUT2D eigenvalue weighted by atomic mass is 35.5. The van der Waals surface area contributed by atoms with Crippen molar-refractivity contribution in [2.75, 3.05) is 5.73 Å². The van der Waals surface area contributed by atoms with E-state index in [1.165, 1.54) is 31.4 Å². The Morgan fingerprint density at radius 3 is 2.33 bits per heavy atom. The Bertz CT molecular complexity index is 683. The summed E-state index contributed by atoms with van der Waals surface area (Å²) in [4.78, 5) is -0.0501. The molecule has 0 aromatic heterocycles. The van der Waals surface area contributed by atoms with Gasteiger partial charge in [-0.25, -0.2) is 13.1 Å². The summed E-state index contributed by atoms with van der Waals surface area (Å²) in [5.41, 5.74) is 5.89. The molecule has 0 amide bonds. The van der Waals surface area contributed by atoms with Crippen LogP contribution in [0, 0.1) is 23.7 Å². The molecule has 0 heterocycles. The fourth-order valence-corrected chi connectivity index (χ4v) is 6.87. The van der Waals surface area contributed by atoms with Gasteiger partial charge in [0.25, 0.3) is 0 Å². The van der Waals surface area contributed by atoms with Crippen LogP contribution in [-0.2, 0) is 10.0 Å². The van der Waals surface area contributed by atoms with Crippen molar-refractivity contribution in [3.63, 3.8) is 0 Å². The number of rotatable bonds is 3. The average molecular weight is 347 g/mol. The van der Waals surface area contributed by atoms with Crippen molar-refractivity contribution >= 4 is 38.9 Å². The van der Waals surface area contributed by atoms with Crippen LogP contribution in [0.15, 0.2) is 17.0 Å². The lowest BCUT2D eigenvalue weighted by atomic mass is 10.0. The number of nitrogens with two attached hydrogens (primary N) is 1. The summed E-state index contributed by atoms with van der Waals surface area (Å²) in [6.07, 6.45) is 3.76. The van der Waals surface area contributed by atoms with Gasteiger partial charge < -0.3 is 5.73 Å². The predicted molar refractivity (Wildman–Crippen MR) is 82.8 cm³/mol. The number of hydrogen-bond donors (Lipinski definition) is 2. The van der Waals surface area contributed by atoms with E-state index >= 15 is 0 Å².